The number of benzene rings is 2. The Hall–Kier alpha value is -3.00. The molecule has 1 aliphatic rings. The van der Waals surface area contributed by atoms with Gasteiger partial charge in [0.05, 0.1) is 20.0 Å². The van der Waals surface area contributed by atoms with Crippen molar-refractivity contribution in [2.24, 2.45) is 5.92 Å². The zero-order valence-electron chi connectivity index (χ0n) is 19.3. The van der Waals surface area contributed by atoms with E-state index in [1.807, 2.05) is 53.1 Å². The summed E-state index contributed by atoms with van der Waals surface area (Å²) < 4.78 is 12.8. The monoisotopic (exact) mass is 466 g/mol. The normalized spacial score (nSPS) is 18.0. The van der Waals surface area contributed by atoms with Gasteiger partial charge < -0.3 is 14.8 Å². The summed E-state index contributed by atoms with van der Waals surface area (Å²) in [5.74, 6) is 2.79. The number of carbonyl (C=O) groups excluding carboxylic acids is 1. The third-order valence-corrected chi connectivity index (χ3v) is 7.01. The highest BCUT2D eigenvalue weighted by molar-refractivity contribution is 7.99. The molecule has 1 N–H and O–H groups in total. The first-order valence-corrected chi connectivity index (χ1v) is 12.2. The van der Waals surface area contributed by atoms with Crippen LogP contribution in [0.4, 0.5) is 0 Å². The second kappa shape index (κ2) is 10.7. The fraction of sp³-hybridized carbons (Fsp3) is 0.400. The van der Waals surface area contributed by atoms with Gasteiger partial charge in [-0.1, -0.05) is 49.7 Å². The number of methoxy groups -OCH3 is 2. The number of hydrogen-bond acceptors (Lipinski definition) is 6. The molecule has 2 atom stereocenters. The lowest BCUT2D eigenvalue weighted by molar-refractivity contribution is -0.119. The van der Waals surface area contributed by atoms with Gasteiger partial charge in [0.2, 0.25) is 5.91 Å². The van der Waals surface area contributed by atoms with E-state index in [2.05, 4.69) is 22.4 Å². The van der Waals surface area contributed by atoms with E-state index in [-0.39, 0.29) is 11.9 Å². The summed E-state index contributed by atoms with van der Waals surface area (Å²) in [7, 11) is 3.22. The number of ether oxygens (including phenoxy) is 2. The number of thioether (sulfide) groups is 1. The number of nitrogens with zero attached hydrogens (tertiary/aromatic N) is 3. The first-order valence-electron chi connectivity index (χ1n) is 11.3. The smallest absolute Gasteiger partial charge is 0.230 e. The average Bonchev–Trinajstić information content (AvgIpc) is 3.28. The molecule has 0 aliphatic heterocycles. The quantitative estimate of drug-likeness (QED) is 0.483. The van der Waals surface area contributed by atoms with E-state index in [1.165, 1.54) is 31.0 Å². The van der Waals surface area contributed by atoms with Gasteiger partial charge in [-0.3, -0.25) is 9.36 Å². The Labute approximate surface area is 198 Å². The van der Waals surface area contributed by atoms with Crippen LogP contribution in [-0.2, 0) is 4.79 Å². The molecule has 1 heterocycles. The van der Waals surface area contributed by atoms with E-state index in [4.69, 9.17) is 9.47 Å². The molecular weight excluding hydrogens is 436 g/mol. The summed E-state index contributed by atoms with van der Waals surface area (Å²) in [4.78, 5) is 12.7. The molecule has 1 saturated carbocycles. The molecule has 33 heavy (non-hydrogen) atoms. The first-order chi connectivity index (χ1) is 16.1. The average molecular weight is 467 g/mol. The molecule has 174 valence electrons. The molecule has 1 amide bonds. The van der Waals surface area contributed by atoms with Crippen molar-refractivity contribution < 1.29 is 14.3 Å². The molecule has 1 aromatic heterocycles. The Bertz CT molecular complexity index is 1090. The van der Waals surface area contributed by atoms with Crippen LogP contribution in [-0.4, -0.2) is 46.7 Å². The number of nitrogens with one attached hydrogen (secondary N) is 1. The van der Waals surface area contributed by atoms with Crippen LogP contribution >= 0.6 is 11.8 Å². The van der Waals surface area contributed by atoms with E-state index in [0.717, 1.165) is 17.7 Å². The Morgan fingerprint density at radius 3 is 2.55 bits per heavy atom. The second-order valence-electron chi connectivity index (χ2n) is 8.27. The summed E-state index contributed by atoms with van der Waals surface area (Å²) in [6.07, 6.45) is 4.66. The highest BCUT2D eigenvalue weighted by Crippen LogP contribution is 2.34. The Morgan fingerprint density at radius 2 is 1.82 bits per heavy atom. The molecule has 0 spiro atoms. The molecule has 3 aromatic rings. The van der Waals surface area contributed by atoms with Crippen LogP contribution in [0.3, 0.4) is 0 Å². The molecule has 0 saturated heterocycles. The first kappa shape index (κ1) is 23.2. The molecule has 0 radical (unpaired) electrons. The molecule has 2 aromatic carbocycles. The molecule has 0 bridgehead atoms. The third-order valence-electron chi connectivity index (χ3n) is 6.08. The summed E-state index contributed by atoms with van der Waals surface area (Å²) in [6, 6.07) is 15.8. The predicted molar refractivity (Wildman–Crippen MR) is 130 cm³/mol. The summed E-state index contributed by atoms with van der Waals surface area (Å²) in [5, 5.41) is 12.8. The standard InChI is InChI=1S/C25H30N4O3S/c1-17-9-7-8-12-20(17)26-23(30)16-33-25-28-27-24(29(25)19-10-5-4-6-11-19)18-13-14-21(31-2)22(15-18)32-3/h4-6,10-11,13-15,17,20H,7-9,12,16H2,1-3H3,(H,26,30)/t17-,20-/m0/s1. The molecule has 4 rings (SSSR count). The zero-order valence-corrected chi connectivity index (χ0v) is 20.1. The molecule has 7 nitrogen and oxygen atoms in total. The topological polar surface area (TPSA) is 78.3 Å². The van der Waals surface area contributed by atoms with Crippen molar-refractivity contribution in [1.29, 1.82) is 0 Å². The van der Waals surface area contributed by atoms with Gasteiger partial charge in [0.1, 0.15) is 0 Å². The molecule has 1 fully saturated rings. The summed E-state index contributed by atoms with van der Waals surface area (Å²) >= 11 is 1.39. The second-order valence-corrected chi connectivity index (χ2v) is 9.21. The minimum atomic E-state index is 0.0361. The van der Waals surface area contributed by atoms with Crippen LogP contribution in [0.25, 0.3) is 17.1 Å². The van der Waals surface area contributed by atoms with Crippen molar-refractivity contribution in [3.05, 3.63) is 48.5 Å². The van der Waals surface area contributed by atoms with Crippen LogP contribution in [0.1, 0.15) is 32.6 Å². The van der Waals surface area contributed by atoms with Gasteiger partial charge in [-0.25, -0.2) is 0 Å². The van der Waals surface area contributed by atoms with Gasteiger partial charge >= 0.3 is 0 Å². The Kier molecular flexibility index (Phi) is 7.54. The van der Waals surface area contributed by atoms with Gasteiger partial charge in [0.15, 0.2) is 22.5 Å². The lowest BCUT2D eigenvalue weighted by Gasteiger charge is -2.29. The van der Waals surface area contributed by atoms with Crippen LogP contribution in [0.5, 0.6) is 11.5 Å². The number of para-hydroxylation sites is 1. The van der Waals surface area contributed by atoms with Gasteiger partial charge in [-0.15, -0.1) is 10.2 Å². The third kappa shape index (κ3) is 5.33. The lowest BCUT2D eigenvalue weighted by atomic mass is 9.86. The fourth-order valence-corrected chi connectivity index (χ4v) is 5.01. The number of aromatic nitrogens is 3. The van der Waals surface area contributed by atoms with Crippen LogP contribution < -0.4 is 14.8 Å². The van der Waals surface area contributed by atoms with Crippen molar-refractivity contribution in [1.82, 2.24) is 20.1 Å². The molecular formula is C25H30N4O3S. The Balaban J connectivity index is 1.59. The predicted octanol–water partition coefficient (Wildman–Crippen LogP) is 4.74. The number of carbonyl (C=O) groups is 1. The maximum Gasteiger partial charge on any atom is 0.230 e. The number of rotatable bonds is 8. The molecule has 8 heteroatoms. The van der Waals surface area contributed by atoms with E-state index >= 15 is 0 Å². The van der Waals surface area contributed by atoms with E-state index in [1.54, 1.807) is 14.2 Å². The van der Waals surface area contributed by atoms with Crippen molar-refractivity contribution in [3.63, 3.8) is 0 Å². The minimum Gasteiger partial charge on any atom is -0.493 e. The van der Waals surface area contributed by atoms with Crippen LogP contribution in [0.2, 0.25) is 0 Å². The van der Waals surface area contributed by atoms with Gasteiger partial charge in [0, 0.05) is 17.3 Å². The molecule has 1 aliphatic carbocycles. The van der Waals surface area contributed by atoms with Gasteiger partial charge in [0.25, 0.3) is 0 Å². The largest absolute Gasteiger partial charge is 0.493 e. The van der Waals surface area contributed by atoms with E-state index in [9.17, 15) is 4.79 Å². The van der Waals surface area contributed by atoms with E-state index < -0.39 is 0 Å². The maximum absolute atomic E-state index is 12.7. The number of amides is 1. The summed E-state index contributed by atoms with van der Waals surface area (Å²) in [6.45, 7) is 2.22. The zero-order chi connectivity index (χ0) is 23.2. The van der Waals surface area contributed by atoms with Crippen molar-refractivity contribution >= 4 is 17.7 Å². The highest BCUT2D eigenvalue weighted by atomic mass is 32.2. The van der Waals surface area contributed by atoms with Crippen molar-refractivity contribution in [2.75, 3.05) is 20.0 Å². The van der Waals surface area contributed by atoms with Gasteiger partial charge in [-0.05, 0) is 49.1 Å². The SMILES string of the molecule is COc1ccc(-c2nnc(SCC(=O)N[C@H]3CCCC[C@@H]3C)n2-c2ccccc2)cc1OC. The number of hydrogen-bond donors (Lipinski definition) is 1. The van der Waals surface area contributed by atoms with Crippen LogP contribution in [0.15, 0.2) is 53.7 Å². The van der Waals surface area contributed by atoms with Crippen molar-refractivity contribution in [3.8, 4) is 28.6 Å². The molecule has 0 unspecified atom stereocenters. The van der Waals surface area contributed by atoms with Crippen LogP contribution in [0, 0.1) is 5.92 Å². The fourth-order valence-electron chi connectivity index (χ4n) is 4.24. The lowest BCUT2D eigenvalue weighted by Crippen LogP contribution is -2.41. The van der Waals surface area contributed by atoms with E-state index in [0.29, 0.717) is 34.2 Å². The minimum absolute atomic E-state index is 0.0361. The van der Waals surface area contributed by atoms with Crippen molar-refractivity contribution in [2.45, 2.75) is 43.8 Å². The van der Waals surface area contributed by atoms with Gasteiger partial charge in [-0.2, -0.15) is 0 Å². The maximum atomic E-state index is 12.7. The highest BCUT2D eigenvalue weighted by Gasteiger charge is 2.24. The summed E-state index contributed by atoms with van der Waals surface area (Å²) in [5.41, 5.74) is 1.77. The Morgan fingerprint density at radius 1 is 1.06 bits per heavy atom.